The maximum absolute atomic E-state index is 13.1. The maximum atomic E-state index is 13.1. The fourth-order valence-electron chi connectivity index (χ4n) is 3.40. The van der Waals surface area contributed by atoms with E-state index in [1.807, 2.05) is 79.7 Å². The van der Waals surface area contributed by atoms with E-state index in [1.54, 1.807) is 12.1 Å². The summed E-state index contributed by atoms with van der Waals surface area (Å²) in [6.45, 7) is 1.91. The topological polar surface area (TPSA) is 52.3 Å². The van der Waals surface area contributed by atoms with E-state index < -0.39 is 5.97 Å². The van der Waals surface area contributed by atoms with Crippen LogP contribution in [-0.2, 0) is 0 Å². The molecule has 0 bridgehead atoms. The minimum Gasteiger partial charge on any atom is -0.454 e. The van der Waals surface area contributed by atoms with Crippen molar-refractivity contribution in [2.24, 2.45) is 0 Å². The molecule has 0 aliphatic carbocycles. The first kappa shape index (κ1) is 17.2. The SMILES string of the molecule is Cc1ccccc1OC(=O)c1cc(-c2cc3ccccc3o2)nc2ccccc12. The van der Waals surface area contributed by atoms with E-state index in [1.165, 1.54) is 0 Å². The molecule has 0 saturated heterocycles. The molecule has 0 N–H and O–H groups in total. The molecule has 4 nitrogen and oxygen atoms in total. The highest BCUT2D eigenvalue weighted by atomic mass is 16.5. The number of pyridine rings is 1. The van der Waals surface area contributed by atoms with Crippen LogP contribution < -0.4 is 4.74 Å². The van der Waals surface area contributed by atoms with Crippen molar-refractivity contribution >= 4 is 27.8 Å². The Kier molecular flexibility index (Phi) is 4.10. The van der Waals surface area contributed by atoms with Gasteiger partial charge in [-0.3, -0.25) is 0 Å². The second kappa shape index (κ2) is 6.91. The Morgan fingerprint density at radius 1 is 0.897 bits per heavy atom. The number of aryl methyl sites for hydroxylation is 1. The summed E-state index contributed by atoms with van der Waals surface area (Å²) >= 11 is 0. The molecule has 0 amide bonds. The van der Waals surface area contributed by atoms with Gasteiger partial charge < -0.3 is 9.15 Å². The zero-order chi connectivity index (χ0) is 19.8. The zero-order valence-corrected chi connectivity index (χ0v) is 15.8. The zero-order valence-electron chi connectivity index (χ0n) is 15.8. The Balaban J connectivity index is 1.64. The normalized spacial score (nSPS) is 11.1. The van der Waals surface area contributed by atoms with Crippen LogP contribution in [0.15, 0.2) is 89.3 Å². The number of furan rings is 1. The average Bonchev–Trinajstić information content (AvgIpc) is 3.19. The van der Waals surface area contributed by atoms with Gasteiger partial charge in [0, 0.05) is 10.8 Å². The number of hydrogen-bond acceptors (Lipinski definition) is 4. The van der Waals surface area contributed by atoms with E-state index in [4.69, 9.17) is 14.1 Å². The molecule has 2 aromatic heterocycles. The number of carbonyl (C=O) groups excluding carboxylic acids is 1. The molecular formula is C25H17NO3. The largest absolute Gasteiger partial charge is 0.454 e. The van der Waals surface area contributed by atoms with Gasteiger partial charge in [0.05, 0.1) is 11.1 Å². The van der Waals surface area contributed by atoms with Gasteiger partial charge in [0.1, 0.15) is 17.0 Å². The number of fused-ring (bicyclic) bond motifs is 2. The van der Waals surface area contributed by atoms with Crippen molar-refractivity contribution in [2.75, 3.05) is 0 Å². The molecule has 2 heterocycles. The van der Waals surface area contributed by atoms with Crippen LogP contribution in [0.2, 0.25) is 0 Å². The van der Waals surface area contributed by atoms with Gasteiger partial charge in [0.25, 0.3) is 0 Å². The summed E-state index contributed by atoms with van der Waals surface area (Å²) in [5.74, 6) is 0.737. The third-order valence-electron chi connectivity index (χ3n) is 4.91. The molecule has 0 aliphatic rings. The summed E-state index contributed by atoms with van der Waals surface area (Å²) in [5, 5.41) is 1.73. The maximum Gasteiger partial charge on any atom is 0.344 e. The fraction of sp³-hybridized carbons (Fsp3) is 0.0400. The van der Waals surface area contributed by atoms with Crippen LogP contribution in [0, 0.1) is 6.92 Å². The molecule has 0 spiro atoms. The third-order valence-corrected chi connectivity index (χ3v) is 4.91. The second-order valence-electron chi connectivity index (χ2n) is 6.88. The number of ether oxygens (including phenoxy) is 1. The lowest BCUT2D eigenvalue weighted by Gasteiger charge is -2.10. The highest BCUT2D eigenvalue weighted by Gasteiger charge is 2.18. The molecule has 0 unspecified atom stereocenters. The standard InChI is InChI=1S/C25H17NO3/c1-16-8-2-6-12-22(16)29-25(27)19-15-21(26-20-11-5-4-10-18(19)20)24-14-17-9-3-7-13-23(17)28-24/h2-15H,1H3. The summed E-state index contributed by atoms with van der Waals surface area (Å²) < 4.78 is 11.7. The Morgan fingerprint density at radius 3 is 2.52 bits per heavy atom. The first-order valence-corrected chi connectivity index (χ1v) is 9.35. The predicted octanol–water partition coefficient (Wildman–Crippen LogP) is 6.18. The lowest BCUT2D eigenvalue weighted by Crippen LogP contribution is -2.10. The monoisotopic (exact) mass is 379 g/mol. The van der Waals surface area contributed by atoms with Crippen molar-refractivity contribution in [2.45, 2.75) is 6.92 Å². The highest BCUT2D eigenvalue weighted by Crippen LogP contribution is 2.30. The molecule has 0 fully saturated rings. The summed E-state index contributed by atoms with van der Waals surface area (Å²) in [6, 6.07) is 26.4. The average molecular weight is 379 g/mol. The number of para-hydroxylation sites is 3. The summed E-state index contributed by atoms with van der Waals surface area (Å²) in [5.41, 5.74) is 3.44. The van der Waals surface area contributed by atoms with Gasteiger partial charge in [-0.2, -0.15) is 0 Å². The van der Waals surface area contributed by atoms with Gasteiger partial charge in [0.15, 0.2) is 5.76 Å². The number of esters is 1. The van der Waals surface area contributed by atoms with Gasteiger partial charge >= 0.3 is 5.97 Å². The molecule has 0 atom stereocenters. The molecule has 0 radical (unpaired) electrons. The fourth-order valence-corrected chi connectivity index (χ4v) is 3.40. The molecule has 0 saturated carbocycles. The number of rotatable bonds is 3. The van der Waals surface area contributed by atoms with Crippen molar-refractivity contribution in [3.05, 3.63) is 96.1 Å². The molecule has 5 aromatic rings. The molecule has 5 rings (SSSR count). The molecule has 4 heteroatoms. The summed E-state index contributed by atoms with van der Waals surface area (Å²) in [4.78, 5) is 17.8. The van der Waals surface area contributed by atoms with E-state index >= 15 is 0 Å². The highest BCUT2D eigenvalue weighted by molar-refractivity contribution is 6.05. The number of carbonyl (C=O) groups is 1. The minimum absolute atomic E-state index is 0.421. The number of aromatic nitrogens is 1. The minimum atomic E-state index is -0.421. The third kappa shape index (κ3) is 3.15. The van der Waals surface area contributed by atoms with Crippen molar-refractivity contribution < 1.29 is 13.9 Å². The van der Waals surface area contributed by atoms with E-state index in [9.17, 15) is 4.79 Å². The lowest BCUT2D eigenvalue weighted by molar-refractivity contribution is 0.0735. The first-order valence-electron chi connectivity index (χ1n) is 9.35. The number of nitrogens with zero attached hydrogens (tertiary/aromatic N) is 1. The quantitative estimate of drug-likeness (QED) is 0.278. The number of hydrogen-bond donors (Lipinski definition) is 0. The van der Waals surface area contributed by atoms with Gasteiger partial charge in [-0.05, 0) is 42.8 Å². The van der Waals surface area contributed by atoms with Crippen LogP contribution in [0.25, 0.3) is 33.3 Å². The van der Waals surface area contributed by atoms with Crippen molar-refractivity contribution in [3.8, 4) is 17.2 Å². The predicted molar refractivity (Wildman–Crippen MR) is 113 cm³/mol. The second-order valence-corrected chi connectivity index (χ2v) is 6.88. The van der Waals surface area contributed by atoms with Gasteiger partial charge in [0.2, 0.25) is 0 Å². The Bertz CT molecular complexity index is 1330. The van der Waals surface area contributed by atoms with E-state index in [2.05, 4.69) is 0 Å². The van der Waals surface area contributed by atoms with Gasteiger partial charge in [-0.25, -0.2) is 9.78 Å². The van der Waals surface area contributed by atoms with Crippen molar-refractivity contribution in [3.63, 3.8) is 0 Å². The van der Waals surface area contributed by atoms with Crippen LogP contribution in [0.3, 0.4) is 0 Å². The number of benzene rings is 3. The van der Waals surface area contributed by atoms with E-state index in [-0.39, 0.29) is 0 Å². The molecule has 29 heavy (non-hydrogen) atoms. The van der Waals surface area contributed by atoms with Crippen LogP contribution in [0.5, 0.6) is 5.75 Å². The molecular weight excluding hydrogens is 362 g/mol. The van der Waals surface area contributed by atoms with Crippen molar-refractivity contribution in [1.29, 1.82) is 0 Å². The van der Waals surface area contributed by atoms with E-state index in [0.717, 1.165) is 21.9 Å². The Labute approximate surface area is 167 Å². The van der Waals surface area contributed by atoms with E-state index in [0.29, 0.717) is 28.3 Å². The Hall–Kier alpha value is -3.92. The summed E-state index contributed by atoms with van der Waals surface area (Å²) in [7, 11) is 0. The molecule has 0 aliphatic heterocycles. The smallest absolute Gasteiger partial charge is 0.344 e. The van der Waals surface area contributed by atoms with Crippen LogP contribution in [-0.4, -0.2) is 11.0 Å². The van der Waals surface area contributed by atoms with Crippen LogP contribution >= 0.6 is 0 Å². The molecule has 3 aromatic carbocycles. The van der Waals surface area contributed by atoms with Crippen LogP contribution in [0.1, 0.15) is 15.9 Å². The van der Waals surface area contributed by atoms with Crippen LogP contribution in [0.4, 0.5) is 0 Å². The first-order chi connectivity index (χ1) is 14.2. The Morgan fingerprint density at radius 2 is 1.66 bits per heavy atom. The lowest BCUT2D eigenvalue weighted by atomic mass is 10.1. The van der Waals surface area contributed by atoms with Gasteiger partial charge in [-0.1, -0.05) is 54.6 Å². The van der Waals surface area contributed by atoms with Crippen molar-refractivity contribution in [1.82, 2.24) is 4.98 Å². The summed E-state index contributed by atoms with van der Waals surface area (Å²) in [6.07, 6.45) is 0. The molecule has 140 valence electrons. The van der Waals surface area contributed by atoms with Gasteiger partial charge in [-0.15, -0.1) is 0 Å².